The van der Waals surface area contributed by atoms with Crippen molar-refractivity contribution in [3.05, 3.63) is 139 Å². The van der Waals surface area contributed by atoms with Crippen molar-refractivity contribution in [2.24, 2.45) is 0 Å². The summed E-state index contributed by atoms with van der Waals surface area (Å²) in [6.07, 6.45) is 1.77. The van der Waals surface area contributed by atoms with E-state index in [9.17, 15) is 5.26 Å². The number of aromatic nitrogens is 5. The molecule has 0 N–H and O–H groups in total. The number of benzene rings is 6. The van der Waals surface area contributed by atoms with Crippen LogP contribution in [0, 0.1) is 11.3 Å². The van der Waals surface area contributed by atoms with Gasteiger partial charge in [-0.15, -0.1) is 0 Å². The molecule has 0 amide bonds. The molecule has 0 radical (unpaired) electrons. The molecule has 220 valence electrons. The van der Waals surface area contributed by atoms with Crippen molar-refractivity contribution in [3.8, 4) is 23.3 Å². The summed E-state index contributed by atoms with van der Waals surface area (Å²) in [5, 5.41) is 19.1. The molecule has 0 fully saturated rings. The van der Waals surface area contributed by atoms with E-state index in [1.165, 1.54) is 59.6 Å². The average Bonchev–Trinajstić information content (AvgIpc) is 3.79. The van der Waals surface area contributed by atoms with Gasteiger partial charge in [-0.05, 0) is 59.3 Å². The summed E-state index contributed by atoms with van der Waals surface area (Å²) in [5.41, 5.74) is 9.40. The lowest BCUT2D eigenvalue weighted by Crippen LogP contribution is -2.04. The van der Waals surface area contributed by atoms with E-state index in [0.717, 1.165) is 33.3 Å². The van der Waals surface area contributed by atoms with E-state index in [1.807, 2.05) is 36.4 Å². The molecular weight excluding hydrogens is 589 g/mol. The van der Waals surface area contributed by atoms with Crippen LogP contribution in [0.3, 0.4) is 0 Å². The second-order valence-corrected chi connectivity index (χ2v) is 12.4. The van der Waals surface area contributed by atoms with Crippen LogP contribution in [-0.4, -0.2) is 23.9 Å². The van der Waals surface area contributed by atoms with E-state index in [2.05, 4.69) is 106 Å². The Kier molecular flexibility index (Phi) is 4.82. The summed E-state index contributed by atoms with van der Waals surface area (Å²) in [6.45, 7) is 0. The van der Waals surface area contributed by atoms with E-state index < -0.39 is 0 Å². The molecule has 0 bridgehead atoms. The molecule has 0 spiro atoms. The molecule has 0 aliphatic carbocycles. The zero-order valence-electron chi connectivity index (χ0n) is 25.4. The van der Waals surface area contributed by atoms with Crippen LogP contribution in [0.2, 0.25) is 0 Å². The number of nitrogens with zero attached hydrogens (tertiary/aromatic N) is 6. The fourth-order valence-electron chi connectivity index (χ4n) is 7.95. The van der Waals surface area contributed by atoms with E-state index >= 15 is 0 Å². The zero-order chi connectivity index (χ0) is 31.5. The highest BCUT2D eigenvalue weighted by molar-refractivity contribution is 6.38. The van der Waals surface area contributed by atoms with Gasteiger partial charge in [0.1, 0.15) is 11.2 Å². The highest BCUT2D eigenvalue weighted by Gasteiger charge is 2.26. The third-order valence-electron chi connectivity index (χ3n) is 9.92. The highest BCUT2D eigenvalue weighted by atomic mass is 15.2. The van der Waals surface area contributed by atoms with Gasteiger partial charge in [0.05, 0.1) is 44.7 Å². The molecule has 0 saturated carbocycles. The smallest absolute Gasteiger partial charge is 0.235 e. The van der Waals surface area contributed by atoms with Crippen molar-refractivity contribution in [2.75, 3.05) is 0 Å². The largest absolute Gasteiger partial charge is 0.308 e. The van der Waals surface area contributed by atoms with Crippen LogP contribution in [-0.2, 0) is 0 Å². The molecular formula is C42H22N6. The Morgan fingerprint density at radius 3 is 2.15 bits per heavy atom. The summed E-state index contributed by atoms with van der Waals surface area (Å²) >= 11 is 0. The van der Waals surface area contributed by atoms with Crippen LogP contribution >= 0.6 is 0 Å². The fourth-order valence-corrected chi connectivity index (χ4v) is 7.95. The van der Waals surface area contributed by atoms with Gasteiger partial charge >= 0.3 is 0 Å². The van der Waals surface area contributed by atoms with Gasteiger partial charge in [-0.25, -0.2) is 9.97 Å². The first-order valence-corrected chi connectivity index (χ1v) is 15.9. The Hall–Kier alpha value is -6.84. The number of rotatable bonds is 2. The molecule has 5 aromatic heterocycles. The van der Waals surface area contributed by atoms with Crippen LogP contribution in [0.1, 0.15) is 5.56 Å². The minimum Gasteiger partial charge on any atom is -0.308 e. The van der Waals surface area contributed by atoms with E-state index in [0.29, 0.717) is 11.5 Å². The van der Waals surface area contributed by atoms with Crippen LogP contribution < -0.4 is 0 Å². The SMILES string of the molecule is N#Cc1ccc(-c2nc(-n3c4ccc5ccccc5c4c4c5c6ccccc6n6c7ccccc7c(cc43)c56)nc3cccnc23)cc1. The summed E-state index contributed by atoms with van der Waals surface area (Å²) < 4.78 is 4.67. The molecule has 0 unspecified atom stereocenters. The molecule has 6 nitrogen and oxygen atoms in total. The predicted molar refractivity (Wildman–Crippen MR) is 194 cm³/mol. The summed E-state index contributed by atoms with van der Waals surface area (Å²) in [4.78, 5) is 15.2. The van der Waals surface area contributed by atoms with Gasteiger partial charge in [-0.1, -0.05) is 78.9 Å². The lowest BCUT2D eigenvalue weighted by Gasteiger charge is -2.11. The average molecular weight is 611 g/mol. The van der Waals surface area contributed by atoms with Crippen molar-refractivity contribution < 1.29 is 0 Å². The summed E-state index contributed by atoms with van der Waals surface area (Å²) in [6, 6.07) is 46.5. The number of pyridine rings is 1. The maximum absolute atomic E-state index is 9.46. The van der Waals surface area contributed by atoms with Gasteiger partial charge in [0.2, 0.25) is 5.95 Å². The first-order chi connectivity index (χ1) is 23.8. The molecule has 48 heavy (non-hydrogen) atoms. The molecule has 6 heteroatoms. The zero-order valence-corrected chi connectivity index (χ0v) is 25.4. The Balaban J connectivity index is 1.39. The molecule has 5 heterocycles. The minimum absolute atomic E-state index is 0.576. The normalized spacial score (nSPS) is 12.1. The quantitative estimate of drug-likeness (QED) is 0.195. The number of para-hydroxylation sites is 2. The number of hydrogen-bond acceptors (Lipinski definition) is 4. The number of nitriles is 1. The summed E-state index contributed by atoms with van der Waals surface area (Å²) in [5.74, 6) is 0.576. The van der Waals surface area contributed by atoms with Gasteiger partial charge in [0.25, 0.3) is 0 Å². The van der Waals surface area contributed by atoms with Gasteiger partial charge in [-0.3, -0.25) is 9.55 Å². The van der Waals surface area contributed by atoms with Crippen molar-refractivity contribution >= 4 is 81.7 Å². The van der Waals surface area contributed by atoms with Gasteiger partial charge < -0.3 is 4.40 Å². The highest BCUT2D eigenvalue weighted by Crippen LogP contribution is 2.47. The Labute approximate surface area is 272 Å². The van der Waals surface area contributed by atoms with E-state index in [4.69, 9.17) is 15.0 Å². The Morgan fingerprint density at radius 1 is 0.562 bits per heavy atom. The van der Waals surface area contributed by atoms with Gasteiger partial charge in [0, 0.05) is 44.1 Å². The first-order valence-electron chi connectivity index (χ1n) is 15.9. The Morgan fingerprint density at radius 2 is 1.31 bits per heavy atom. The van der Waals surface area contributed by atoms with Crippen molar-refractivity contribution in [3.63, 3.8) is 0 Å². The second kappa shape index (κ2) is 9.12. The third kappa shape index (κ3) is 3.17. The number of fused-ring (bicyclic) bond motifs is 13. The molecule has 0 atom stereocenters. The second-order valence-electron chi connectivity index (χ2n) is 12.4. The van der Waals surface area contributed by atoms with Crippen molar-refractivity contribution in [1.82, 2.24) is 23.9 Å². The standard InChI is InChI=1S/C42H22N6/c43-23-24-15-17-26(18-16-24)39-40-31(12-7-21-44-40)45-42(46-39)48-34-20-19-25-8-1-2-9-27(25)36(34)38-35(48)22-30-28-10-3-5-13-32(28)47-33-14-6-4-11-29(33)37(38)41(30)47/h1-22H. The third-order valence-corrected chi connectivity index (χ3v) is 9.92. The maximum Gasteiger partial charge on any atom is 0.235 e. The van der Waals surface area contributed by atoms with Gasteiger partial charge in [-0.2, -0.15) is 5.26 Å². The topological polar surface area (TPSA) is 71.8 Å². The van der Waals surface area contributed by atoms with Crippen molar-refractivity contribution in [1.29, 1.82) is 5.26 Å². The molecule has 0 aliphatic heterocycles. The fraction of sp³-hybridized carbons (Fsp3) is 0. The van der Waals surface area contributed by atoms with Crippen LogP contribution in [0.4, 0.5) is 0 Å². The van der Waals surface area contributed by atoms with E-state index in [-0.39, 0.29) is 0 Å². The predicted octanol–water partition coefficient (Wildman–Crippen LogP) is 9.96. The van der Waals surface area contributed by atoms with Crippen LogP contribution in [0.15, 0.2) is 134 Å². The van der Waals surface area contributed by atoms with Gasteiger partial charge in [0.15, 0.2) is 0 Å². The first kappa shape index (κ1) is 25.4. The minimum atomic E-state index is 0.576. The van der Waals surface area contributed by atoms with Crippen LogP contribution in [0.5, 0.6) is 0 Å². The molecule has 11 rings (SSSR count). The number of hydrogen-bond donors (Lipinski definition) is 0. The molecule has 11 aromatic rings. The maximum atomic E-state index is 9.46. The van der Waals surface area contributed by atoms with Crippen LogP contribution in [0.25, 0.3) is 98.9 Å². The Bertz CT molecular complexity index is 3180. The molecule has 6 aromatic carbocycles. The molecule has 0 saturated heterocycles. The monoisotopic (exact) mass is 610 g/mol. The lowest BCUT2D eigenvalue weighted by molar-refractivity contribution is 1.01. The van der Waals surface area contributed by atoms with Crippen molar-refractivity contribution in [2.45, 2.75) is 0 Å². The van der Waals surface area contributed by atoms with E-state index in [1.54, 1.807) is 6.20 Å². The lowest BCUT2D eigenvalue weighted by atomic mass is 9.99. The summed E-state index contributed by atoms with van der Waals surface area (Å²) in [7, 11) is 0. The molecule has 0 aliphatic rings.